The average molecular weight is 375 g/mol. The fraction of sp³-hybridized carbons (Fsp3) is 0.667. The van der Waals surface area contributed by atoms with Gasteiger partial charge in [0, 0.05) is 16.0 Å². The number of hydrogen-bond acceptors (Lipinski definition) is 2. The Morgan fingerprint density at radius 2 is 1.87 bits per heavy atom. The van der Waals surface area contributed by atoms with Crippen LogP contribution >= 0.6 is 23.2 Å². The van der Waals surface area contributed by atoms with E-state index < -0.39 is 8.32 Å². The third-order valence-electron chi connectivity index (χ3n) is 5.82. The standard InChI is InChI=1S/C18H28Cl2O2Si/c1-18(2,23(3,4)22)8-7-12-9-15(17(21)10-12)14-6-5-13(19)11-16(14)20/h5-6,11-12,15,17,21-22H,7-10H2,1-4H3. The summed E-state index contributed by atoms with van der Waals surface area (Å²) >= 11 is 12.3. The smallest absolute Gasteiger partial charge is 0.188 e. The van der Waals surface area contributed by atoms with Gasteiger partial charge < -0.3 is 9.90 Å². The first-order valence-corrected chi connectivity index (χ1v) is 12.1. The van der Waals surface area contributed by atoms with Gasteiger partial charge in [0.15, 0.2) is 8.32 Å². The molecular formula is C18H28Cl2O2Si. The van der Waals surface area contributed by atoms with Crippen molar-refractivity contribution in [1.82, 2.24) is 0 Å². The Morgan fingerprint density at radius 3 is 2.43 bits per heavy atom. The first-order chi connectivity index (χ1) is 10.5. The van der Waals surface area contributed by atoms with Crippen molar-refractivity contribution in [3.63, 3.8) is 0 Å². The lowest BCUT2D eigenvalue weighted by Gasteiger charge is -2.35. The molecule has 0 saturated heterocycles. The Hall–Kier alpha value is -0.0631. The fourth-order valence-corrected chi connectivity index (χ4v) is 4.67. The van der Waals surface area contributed by atoms with Crippen molar-refractivity contribution < 1.29 is 9.90 Å². The molecule has 0 radical (unpaired) electrons. The Morgan fingerprint density at radius 1 is 1.22 bits per heavy atom. The highest BCUT2D eigenvalue weighted by molar-refractivity contribution is 6.72. The summed E-state index contributed by atoms with van der Waals surface area (Å²) in [6, 6.07) is 5.53. The van der Waals surface area contributed by atoms with E-state index in [9.17, 15) is 9.90 Å². The van der Waals surface area contributed by atoms with Crippen LogP contribution in [-0.2, 0) is 0 Å². The van der Waals surface area contributed by atoms with E-state index in [2.05, 4.69) is 13.8 Å². The first kappa shape index (κ1) is 19.3. The molecule has 2 N–H and O–H groups in total. The lowest BCUT2D eigenvalue weighted by molar-refractivity contribution is 0.159. The van der Waals surface area contributed by atoms with E-state index in [1.54, 1.807) is 6.07 Å². The van der Waals surface area contributed by atoms with Gasteiger partial charge in [-0.1, -0.05) is 49.5 Å². The van der Waals surface area contributed by atoms with Crippen molar-refractivity contribution in [1.29, 1.82) is 0 Å². The Kier molecular flexibility index (Phi) is 5.90. The van der Waals surface area contributed by atoms with E-state index >= 15 is 0 Å². The van der Waals surface area contributed by atoms with Crippen LogP contribution < -0.4 is 0 Å². The van der Waals surface area contributed by atoms with Crippen LogP contribution in [0, 0.1) is 5.92 Å². The molecule has 0 bridgehead atoms. The molecule has 5 heteroatoms. The van der Waals surface area contributed by atoms with E-state index in [0.29, 0.717) is 16.0 Å². The molecule has 2 rings (SSSR count). The monoisotopic (exact) mass is 374 g/mol. The van der Waals surface area contributed by atoms with Crippen LogP contribution in [0.5, 0.6) is 0 Å². The maximum atomic E-state index is 10.5. The number of aliphatic hydroxyl groups excluding tert-OH is 1. The van der Waals surface area contributed by atoms with Gasteiger partial charge >= 0.3 is 0 Å². The zero-order chi connectivity index (χ0) is 17.4. The number of halogens is 2. The molecular weight excluding hydrogens is 347 g/mol. The molecule has 0 spiro atoms. The molecule has 1 aromatic rings. The molecule has 0 heterocycles. The molecule has 3 atom stereocenters. The average Bonchev–Trinajstić information content (AvgIpc) is 2.76. The van der Waals surface area contributed by atoms with E-state index in [-0.39, 0.29) is 17.1 Å². The summed E-state index contributed by atoms with van der Waals surface area (Å²) in [7, 11) is -2.17. The second-order valence-electron chi connectivity index (χ2n) is 8.16. The second-order valence-corrected chi connectivity index (χ2v) is 13.5. The van der Waals surface area contributed by atoms with Crippen LogP contribution in [0.15, 0.2) is 18.2 Å². The van der Waals surface area contributed by atoms with Gasteiger partial charge in [-0.2, -0.15) is 0 Å². The van der Waals surface area contributed by atoms with Crippen molar-refractivity contribution in [2.75, 3.05) is 0 Å². The molecule has 23 heavy (non-hydrogen) atoms. The molecule has 1 aromatic carbocycles. The van der Waals surface area contributed by atoms with Crippen LogP contribution in [0.4, 0.5) is 0 Å². The summed E-state index contributed by atoms with van der Waals surface area (Å²) in [6.45, 7) is 8.34. The summed E-state index contributed by atoms with van der Waals surface area (Å²) in [5.41, 5.74) is 1.00. The lowest BCUT2D eigenvalue weighted by atomic mass is 9.92. The summed E-state index contributed by atoms with van der Waals surface area (Å²) in [4.78, 5) is 10.4. The Labute approximate surface area is 151 Å². The summed E-state index contributed by atoms with van der Waals surface area (Å²) in [5.74, 6) is 0.574. The van der Waals surface area contributed by atoms with Crippen molar-refractivity contribution in [2.24, 2.45) is 5.92 Å². The van der Waals surface area contributed by atoms with Gasteiger partial charge in [0.05, 0.1) is 6.10 Å². The molecule has 3 unspecified atom stereocenters. The highest BCUT2D eigenvalue weighted by Crippen LogP contribution is 2.47. The van der Waals surface area contributed by atoms with E-state index in [1.165, 1.54) is 0 Å². The minimum Gasteiger partial charge on any atom is -0.432 e. The van der Waals surface area contributed by atoms with Crippen LogP contribution in [-0.4, -0.2) is 24.3 Å². The Balaban J connectivity index is 2.01. The van der Waals surface area contributed by atoms with E-state index in [0.717, 1.165) is 31.2 Å². The van der Waals surface area contributed by atoms with Gasteiger partial charge in [-0.15, -0.1) is 0 Å². The van der Waals surface area contributed by atoms with Gasteiger partial charge in [0.1, 0.15) is 0 Å². The zero-order valence-corrected chi connectivity index (χ0v) is 17.0. The number of rotatable bonds is 5. The largest absolute Gasteiger partial charge is 0.432 e. The van der Waals surface area contributed by atoms with E-state index in [1.807, 2.05) is 25.2 Å². The summed E-state index contributed by atoms with van der Waals surface area (Å²) < 4.78 is 0. The normalized spacial score (nSPS) is 25.8. The maximum absolute atomic E-state index is 10.5. The molecule has 0 aromatic heterocycles. The number of aliphatic hydroxyl groups is 1. The summed E-state index contributed by atoms with van der Waals surface area (Å²) in [6.07, 6.45) is 3.46. The quantitative estimate of drug-likeness (QED) is 0.657. The van der Waals surface area contributed by atoms with Gasteiger partial charge in [-0.25, -0.2) is 0 Å². The molecule has 2 nitrogen and oxygen atoms in total. The first-order valence-electron chi connectivity index (χ1n) is 8.36. The van der Waals surface area contributed by atoms with Crippen LogP contribution in [0.2, 0.25) is 28.2 Å². The van der Waals surface area contributed by atoms with Crippen molar-refractivity contribution >= 4 is 31.5 Å². The number of benzene rings is 1. The van der Waals surface area contributed by atoms with Crippen molar-refractivity contribution in [2.45, 2.75) is 69.7 Å². The van der Waals surface area contributed by atoms with Crippen LogP contribution in [0.25, 0.3) is 0 Å². The third kappa shape index (κ3) is 4.52. The maximum Gasteiger partial charge on any atom is 0.188 e. The topological polar surface area (TPSA) is 40.5 Å². The third-order valence-corrected chi connectivity index (χ3v) is 9.95. The Bertz CT molecular complexity index is 554. The molecule has 1 aliphatic rings. The summed E-state index contributed by atoms with van der Waals surface area (Å²) in [5, 5.41) is 11.7. The molecule has 130 valence electrons. The van der Waals surface area contributed by atoms with Crippen molar-refractivity contribution in [3.05, 3.63) is 33.8 Å². The van der Waals surface area contributed by atoms with Gasteiger partial charge in [-0.3, -0.25) is 0 Å². The SMILES string of the molecule is CC(C)(CCC1CC(O)C(c2ccc(Cl)cc2Cl)C1)[Si](C)(C)O. The van der Waals surface area contributed by atoms with Gasteiger partial charge in [0.25, 0.3) is 0 Å². The predicted octanol–water partition coefficient (Wildman–Crippen LogP) is 5.61. The highest BCUT2D eigenvalue weighted by Gasteiger charge is 2.40. The molecule has 1 fully saturated rings. The molecule has 1 aliphatic carbocycles. The van der Waals surface area contributed by atoms with Crippen LogP contribution in [0.3, 0.4) is 0 Å². The van der Waals surface area contributed by atoms with Crippen LogP contribution in [0.1, 0.15) is 51.0 Å². The van der Waals surface area contributed by atoms with E-state index in [4.69, 9.17) is 23.2 Å². The van der Waals surface area contributed by atoms with Crippen molar-refractivity contribution in [3.8, 4) is 0 Å². The second kappa shape index (κ2) is 7.05. The predicted molar refractivity (Wildman–Crippen MR) is 101 cm³/mol. The minimum absolute atomic E-state index is 0.00600. The molecule has 0 aliphatic heterocycles. The molecule has 1 saturated carbocycles. The highest BCUT2D eigenvalue weighted by atomic mass is 35.5. The molecule has 0 amide bonds. The van der Waals surface area contributed by atoms with Gasteiger partial charge in [0.2, 0.25) is 0 Å². The number of hydrogen-bond donors (Lipinski definition) is 2. The minimum atomic E-state index is -2.17. The lowest BCUT2D eigenvalue weighted by Crippen LogP contribution is -2.39. The van der Waals surface area contributed by atoms with Gasteiger partial charge in [-0.05, 0) is 61.0 Å². The fourth-order valence-electron chi connectivity index (χ4n) is 3.36. The zero-order valence-electron chi connectivity index (χ0n) is 14.4.